The number of amides is 2. The number of anilines is 3. The second kappa shape index (κ2) is 13.7. The summed E-state index contributed by atoms with van der Waals surface area (Å²) in [6.45, 7) is 3.18. The van der Waals surface area contributed by atoms with Crippen molar-refractivity contribution in [1.29, 1.82) is 0 Å². The van der Waals surface area contributed by atoms with Crippen molar-refractivity contribution in [3.63, 3.8) is 0 Å². The molecule has 0 saturated carbocycles. The van der Waals surface area contributed by atoms with E-state index in [9.17, 15) is 9.59 Å². The number of aryl methyl sites for hydroxylation is 1. The fourth-order valence-electron chi connectivity index (χ4n) is 4.13. The summed E-state index contributed by atoms with van der Waals surface area (Å²) < 4.78 is 5.98. The Morgan fingerprint density at radius 1 is 0.789 bits per heavy atom. The molecule has 0 unspecified atom stereocenters. The minimum absolute atomic E-state index is 0.0846. The molecule has 0 spiro atoms. The molecule has 2 N–H and O–H groups in total. The van der Waals surface area contributed by atoms with Crippen molar-refractivity contribution in [2.45, 2.75) is 19.8 Å². The Kier molecular flexibility index (Phi) is 9.51. The van der Waals surface area contributed by atoms with Gasteiger partial charge in [0.25, 0.3) is 5.91 Å². The summed E-state index contributed by atoms with van der Waals surface area (Å²) in [5.41, 5.74) is 4.09. The summed E-state index contributed by atoms with van der Waals surface area (Å²) in [5, 5.41) is 6.04. The normalized spacial score (nSPS) is 10.4. The predicted molar refractivity (Wildman–Crippen MR) is 154 cm³/mol. The zero-order valence-electron chi connectivity index (χ0n) is 21.6. The molecule has 0 aliphatic rings. The van der Waals surface area contributed by atoms with Gasteiger partial charge in [-0.25, -0.2) is 0 Å². The van der Waals surface area contributed by atoms with Gasteiger partial charge in [-0.15, -0.1) is 0 Å². The molecule has 0 aliphatic heterocycles. The van der Waals surface area contributed by atoms with Crippen molar-refractivity contribution in [3.05, 3.63) is 120 Å². The number of rotatable bonds is 12. The SMILES string of the molecule is CCN(C(=O)c1ccc(NC(=O)CNc2ccccc2OCCCc2ccccc2)cc1)c1ccccc1. The second-order valence-electron chi connectivity index (χ2n) is 8.80. The van der Waals surface area contributed by atoms with Crippen LogP contribution < -0.4 is 20.3 Å². The molecule has 6 nitrogen and oxygen atoms in total. The number of para-hydroxylation sites is 3. The largest absolute Gasteiger partial charge is 0.491 e. The lowest BCUT2D eigenvalue weighted by Crippen LogP contribution is -2.30. The molecule has 4 rings (SSSR count). The first-order chi connectivity index (χ1) is 18.6. The molecule has 2 amide bonds. The standard InChI is InChI=1S/C32H33N3O3/c1-2-35(28-15-7-4-8-16-28)32(37)26-19-21-27(22-20-26)34-31(36)24-33-29-17-9-10-18-30(29)38-23-11-14-25-12-5-3-6-13-25/h3-10,12-13,15-22,33H,2,11,14,23-24H2,1H3,(H,34,36). The molecule has 6 heteroatoms. The topological polar surface area (TPSA) is 70.7 Å². The summed E-state index contributed by atoms with van der Waals surface area (Å²) in [5.74, 6) is 0.441. The van der Waals surface area contributed by atoms with Crippen LogP contribution in [0.2, 0.25) is 0 Å². The van der Waals surface area contributed by atoms with E-state index in [0.717, 1.165) is 30.0 Å². The summed E-state index contributed by atoms with van der Waals surface area (Å²) in [6, 6.07) is 34.5. The lowest BCUT2D eigenvalue weighted by molar-refractivity contribution is -0.114. The first-order valence-electron chi connectivity index (χ1n) is 12.9. The van der Waals surface area contributed by atoms with E-state index in [1.807, 2.05) is 79.7 Å². The molecule has 194 valence electrons. The highest BCUT2D eigenvalue weighted by molar-refractivity contribution is 6.06. The number of hydrogen-bond donors (Lipinski definition) is 2. The second-order valence-corrected chi connectivity index (χ2v) is 8.80. The van der Waals surface area contributed by atoms with E-state index in [1.165, 1.54) is 5.56 Å². The number of nitrogens with one attached hydrogen (secondary N) is 2. The van der Waals surface area contributed by atoms with Crippen LogP contribution in [-0.2, 0) is 11.2 Å². The monoisotopic (exact) mass is 507 g/mol. The van der Waals surface area contributed by atoms with E-state index >= 15 is 0 Å². The summed E-state index contributed by atoms with van der Waals surface area (Å²) in [7, 11) is 0. The molecular weight excluding hydrogens is 474 g/mol. The van der Waals surface area contributed by atoms with Crippen LogP contribution in [0.15, 0.2) is 109 Å². The van der Waals surface area contributed by atoms with Crippen LogP contribution in [0, 0.1) is 0 Å². The molecule has 0 heterocycles. The highest BCUT2D eigenvalue weighted by Crippen LogP contribution is 2.24. The van der Waals surface area contributed by atoms with Gasteiger partial charge in [0.1, 0.15) is 5.75 Å². The average Bonchev–Trinajstić information content (AvgIpc) is 2.96. The van der Waals surface area contributed by atoms with Gasteiger partial charge in [-0.1, -0.05) is 60.7 Å². The van der Waals surface area contributed by atoms with Gasteiger partial charge in [-0.3, -0.25) is 9.59 Å². The number of carbonyl (C=O) groups excluding carboxylic acids is 2. The number of benzene rings is 4. The van der Waals surface area contributed by atoms with Crippen molar-refractivity contribution in [3.8, 4) is 5.75 Å². The quantitative estimate of drug-likeness (QED) is 0.217. The minimum atomic E-state index is -0.192. The van der Waals surface area contributed by atoms with E-state index in [-0.39, 0.29) is 18.4 Å². The average molecular weight is 508 g/mol. The fraction of sp³-hybridized carbons (Fsp3) is 0.188. The van der Waals surface area contributed by atoms with E-state index in [2.05, 4.69) is 22.8 Å². The maximum absolute atomic E-state index is 13.0. The Bertz CT molecular complexity index is 1310. The van der Waals surface area contributed by atoms with Gasteiger partial charge in [0, 0.05) is 23.5 Å². The Hall–Kier alpha value is -4.58. The third-order valence-corrected chi connectivity index (χ3v) is 6.08. The van der Waals surface area contributed by atoms with Crippen molar-refractivity contribution < 1.29 is 14.3 Å². The first-order valence-corrected chi connectivity index (χ1v) is 12.9. The van der Waals surface area contributed by atoms with Crippen LogP contribution in [-0.4, -0.2) is 31.5 Å². The zero-order valence-corrected chi connectivity index (χ0v) is 21.6. The third-order valence-electron chi connectivity index (χ3n) is 6.08. The van der Waals surface area contributed by atoms with Crippen LogP contribution in [0.3, 0.4) is 0 Å². The van der Waals surface area contributed by atoms with E-state index < -0.39 is 0 Å². The minimum Gasteiger partial charge on any atom is -0.491 e. The summed E-state index contributed by atoms with van der Waals surface area (Å²) in [6.07, 6.45) is 1.85. The molecule has 38 heavy (non-hydrogen) atoms. The van der Waals surface area contributed by atoms with E-state index in [1.54, 1.807) is 29.2 Å². The lowest BCUT2D eigenvalue weighted by atomic mass is 10.1. The smallest absolute Gasteiger partial charge is 0.258 e. The highest BCUT2D eigenvalue weighted by atomic mass is 16.5. The number of carbonyl (C=O) groups is 2. The first kappa shape index (κ1) is 26.5. The maximum atomic E-state index is 13.0. The van der Waals surface area contributed by atoms with Crippen molar-refractivity contribution >= 4 is 28.9 Å². The molecular formula is C32H33N3O3. The molecule has 0 aromatic heterocycles. The Labute approximate surface area is 224 Å². The summed E-state index contributed by atoms with van der Waals surface area (Å²) >= 11 is 0. The van der Waals surface area contributed by atoms with Gasteiger partial charge in [0.2, 0.25) is 5.91 Å². The van der Waals surface area contributed by atoms with Crippen molar-refractivity contribution in [2.24, 2.45) is 0 Å². The fourth-order valence-corrected chi connectivity index (χ4v) is 4.13. The molecule has 0 bridgehead atoms. The maximum Gasteiger partial charge on any atom is 0.258 e. The van der Waals surface area contributed by atoms with Crippen LogP contribution in [0.5, 0.6) is 5.75 Å². The van der Waals surface area contributed by atoms with Gasteiger partial charge in [0.15, 0.2) is 0 Å². The Morgan fingerprint density at radius 2 is 1.45 bits per heavy atom. The van der Waals surface area contributed by atoms with E-state index in [4.69, 9.17) is 4.74 Å². The van der Waals surface area contributed by atoms with Crippen molar-refractivity contribution in [1.82, 2.24) is 0 Å². The number of hydrogen-bond acceptors (Lipinski definition) is 4. The van der Waals surface area contributed by atoms with Crippen LogP contribution >= 0.6 is 0 Å². The zero-order chi connectivity index (χ0) is 26.6. The molecule has 4 aromatic rings. The van der Waals surface area contributed by atoms with Crippen LogP contribution in [0.4, 0.5) is 17.1 Å². The van der Waals surface area contributed by atoms with Gasteiger partial charge in [-0.2, -0.15) is 0 Å². The third kappa shape index (κ3) is 7.46. The summed E-state index contributed by atoms with van der Waals surface area (Å²) in [4.78, 5) is 27.3. The Balaban J connectivity index is 1.26. The molecule has 0 saturated heterocycles. The predicted octanol–water partition coefficient (Wildman–Crippen LogP) is 6.42. The van der Waals surface area contributed by atoms with Crippen LogP contribution in [0.25, 0.3) is 0 Å². The molecule has 0 radical (unpaired) electrons. The van der Waals surface area contributed by atoms with Crippen molar-refractivity contribution in [2.75, 3.05) is 35.2 Å². The Morgan fingerprint density at radius 3 is 2.16 bits per heavy atom. The van der Waals surface area contributed by atoms with Gasteiger partial charge >= 0.3 is 0 Å². The van der Waals surface area contributed by atoms with Gasteiger partial charge in [0.05, 0.1) is 18.8 Å². The number of nitrogens with zero attached hydrogens (tertiary/aromatic N) is 1. The highest BCUT2D eigenvalue weighted by Gasteiger charge is 2.16. The lowest BCUT2D eigenvalue weighted by Gasteiger charge is -2.21. The van der Waals surface area contributed by atoms with E-state index in [0.29, 0.717) is 24.4 Å². The van der Waals surface area contributed by atoms with Gasteiger partial charge < -0.3 is 20.3 Å². The van der Waals surface area contributed by atoms with Crippen LogP contribution in [0.1, 0.15) is 29.3 Å². The number of ether oxygens (including phenoxy) is 1. The van der Waals surface area contributed by atoms with Gasteiger partial charge in [-0.05, 0) is 73.9 Å². The molecule has 0 aliphatic carbocycles. The molecule has 4 aromatic carbocycles. The molecule has 0 fully saturated rings. The molecule has 0 atom stereocenters.